The molecule has 1 aliphatic carbocycles. The fourth-order valence-electron chi connectivity index (χ4n) is 4.98. The maximum absolute atomic E-state index is 13.0. The van der Waals surface area contributed by atoms with Crippen LogP contribution in [0.5, 0.6) is 0 Å². The topological polar surface area (TPSA) is 97.2 Å². The quantitative estimate of drug-likeness (QED) is 0.628. The van der Waals surface area contributed by atoms with Gasteiger partial charge in [0.05, 0.1) is 11.4 Å². The van der Waals surface area contributed by atoms with Crippen LogP contribution >= 0.6 is 0 Å². The highest BCUT2D eigenvalue weighted by Gasteiger charge is 2.39. The van der Waals surface area contributed by atoms with E-state index in [2.05, 4.69) is 14.9 Å². The van der Waals surface area contributed by atoms with Gasteiger partial charge >= 0.3 is 0 Å². The summed E-state index contributed by atoms with van der Waals surface area (Å²) >= 11 is 0. The lowest BCUT2D eigenvalue weighted by Gasteiger charge is -2.29. The first-order valence-electron chi connectivity index (χ1n) is 11.3. The van der Waals surface area contributed by atoms with Crippen molar-refractivity contribution in [2.45, 2.75) is 44.2 Å². The van der Waals surface area contributed by atoms with Gasteiger partial charge in [0.25, 0.3) is 5.91 Å². The summed E-state index contributed by atoms with van der Waals surface area (Å²) in [5.41, 5.74) is 5.30. The second kappa shape index (κ2) is 7.37. The molecular weight excluding hydrogens is 418 g/mol. The predicted molar refractivity (Wildman–Crippen MR) is 120 cm³/mol. The average molecular weight is 441 g/mol. The van der Waals surface area contributed by atoms with Crippen LogP contribution < -0.4 is 5.32 Å². The average Bonchev–Trinajstić information content (AvgIpc) is 3.53. The highest BCUT2D eigenvalue weighted by atomic mass is 16.2. The lowest BCUT2D eigenvalue weighted by molar-refractivity contribution is -0.136. The summed E-state index contributed by atoms with van der Waals surface area (Å²) < 4.78 is 2.16. The first kappa shape index (κ1) is 19.8. The number of pyridine rings is 1. The minimum Gasteiger partial charge on any atom is -0.330 e. The first-order chi connectivity index (χ1) is 16.0. The fourth-order valence-corrected chi connectivity index (χ4v) is 4.98. The number of imidazole rings is 1. The summed E-state index contributed by atoms with van der Waals surface area (Å²) in [4.78, 5) is 47.8. The number of carbonyl (C=O) groups excluding carboxylic acids is 3. The van der Waals surface area contributed by atoms with Crippen molar-refractivity contribution in [1.82, 2.24) is 24.8 Å². The summed E-state index contributed by atoms with van der Waals surface area (Å²) in [5, 5.41) is 2.35. The summed E-state index contributed by atoms with van der Waals surface area (Å²) in [7, 11) is 2.05. The third-order valence-corrected chi connectivity index (χ3v) is 6.80. The molecule has 0 spiro atoms. The number of fused-ring (bicyclic) bond motifs is 1. The Morgan fingerprint density at radius 1 is 1.06 bits per heavy atom. The minimum atomic E-state index is -0.617. The Kier molecular flexibility index (Phi) is 4.43. The molecule has 1 atom stereocenters. The smallest absolute Gasteiger partial charge is 0.255 e. The molecule has 3 aromatic rings. The van der Waals surface area contributed by atoms with Gasteiger partial charge in [-0.3, -0.25) is 24.7 Å². The van der Waals surface area contributed by atoms with Gasteiger partial charge in [0, 0.05) is 55.0 Å². The SMILES string of the molecule is Cn1c(C2CC2)nc(-c2ccc3c(c2)CN(C2CCC(=O)NC2=O)C3=O)c1-c1cccnc1. The summed E-state index contributed by atoms with van der Waals surface area (Å²) in [6, 6.07) is 9.11. The van der Waals surface area contributed by atoms with Crippen LogP contribution in [-0.2, 0) is 23.2 Å². The number of hydrogen-bond donors (Lipinski definition) is 1. The number of aromatic nitrogens is 3. The molecule has 1 unspecified atom stereocenters. The Hall–Kier alpha value is -3.81. The van der Waals surface area contributed by atoms with Crippen molar-refractivity contribution in [2.75, 3.05) is 0 Å². The molecule has 8 heteroatoms. The minimum absolute atomic E-state index is 0.168. The van der Waals surface area contributed by atoms with E-state index in [9.17, 15) is 14.4 Å². The molecule has 2 aromatic heterocycles. The van der Waals surface area contributed by atoms with Gasteiger partial charge in [-0.1, -0.05) is 6.07 Å². The van der Waals surface area contributed by atoms with Crippen molar-refractivity contribution in [1.29, 1.82) is 0 Å². The first-order valence-corrected chi connectivity index (χ1v) is 11.3. The maximum Gasteiger partial charge on any atom is 0.255 e. The lowest BCUT2D eigenvalue weighted by atomic mass is 10.0. The van der Waals surface area contributed by atoms with E-state index >= 15 is 0 Å². The highest BCUT2D eigenvalue weighted by molar-refractivity contribution is 6.05. The van der Waals surface area contributed by atoms with Crippen LogP contribution in [0.4, 0.5) is 0 Å². The normalized spacial score (nSPS) is 20.2. The van der Waals surface area contributed by atoms with Crippen molar-refractivity contribution >= 4 is 17.7 Å². The van der Waals surface area contributed by atoms with E-state index in [0.29, 0.717) is 24.4 Å². The standard InChI is InChI=1S/C25H23N5O3/c1-29-22(16-3-2-10-26-12-16)21(28-23(29)14-4-5-14)15-6-7-18-17(11-15)13-30(25(18)33)19-8-9-20(31)27-24(19)32/h2-3,6-7,10-12,14,19H,4-5,8-9,13H2,1H3,(H,27,31,32). The zero-order chi connectivity index (χ0) is 22.7. The summed E-state index contributed by atoms with van der Waals surface area (Å²) in [6.45, 7) is 0.346. The van der Waals surface area contributed by atoms with Gasteiger partial charge in [-0.05, 0) is 49.1 Å². The number of rotatable bonds is 4. The van der Waals surface area contributed by atoms with Crippen LogP contribution in [0, 0.1) is 0 Å². The number of nitrogens with zero attached hydrogens (tertiary/aromatic N) is 4. The molecule has 0 bridgehead atoms. The van der Waals surface area contributed by atoms with Gasteiger partial charge < -0.3 is 9.47 Å². The Balaban J connectivity index is 1.39. The van der Waals surface area contributed by atoms with Gasteiger partial charge in [-0.15, -0.1) is 0 Å². The molecule has 0 radical (unpaired) electrons. The number of carbonyl (C=O) groups is 3. The van der Waals surface area contributed by atoms with Crippen LogP contribution in [0.2, 0.25) is 0 Å². The van der Waals surface area contributed by atoms with Crippen molar-refractivity contribution in [3.8, 4) is 22.5 Å². The number of nitrogens with one attached hydrogen (secondary N) is 1. The zero-order valence-corrected chi connectivity index (χ0v) is 18.2. The second-order valence-corrected chi connectivity index (χ2v) is 9.01. The van der Waals surface area contributed by atoms with Crippen LogP contribution in [0.1, 0.15) is 53.3 Å². The lowest BCUT2D eigenvalue weighted by Crippen LogP contribution is -2.52. The Labute approximate surface area is 190 Å². The monoisotopic (exact) mass is 441 g/mol. The van der Waals surface area contributed by atoms with Crippen molar-refractivity contribution in [2.24, 2.45) is 7.05 Å². The molecular formula is C25H23N5O3. The van der Waals surface area contributed by atoms with Crippen molar-refractivity contribution < 1.29 is 14.4 Å². The van der Waals surface area contributed by atoms with Crippen LogP contribution in [-0.4, -0.2) is 43.2 Å². The van der Waals surface area contributed by atoms with Crippen molar-refractivity contribution in [3.05, 3.63) is 59.7 Å². The van der Waals surface area contributed by atoms with E-state index in [0.717, 1.165) is 46.7 Å². The van der Waals surface area contributed by atoms with Gasteiger partial charge in [-0.2, -0.15) is 0 Å². The molecule has 1 saturated heterocycles. The molecule has 4 heterocycles. The van der Waals surface area contributed by atoms with E-state index in [-0.39, 0.29) is 18.2 Å². The zero-order valence-electron chi connectivity index (χ0n) is 18.2. The van der Waals surface area contributed by atoms with Gasteiger partial charge in [-0.25, -0.2) is 4.98 Å². The molecule has 2 fully saturated rings. The number of imide groups is 1. The van der Waals surface area contributed by atoms with Gasteiger partial charge in [0.1, 0.15) is 11.9 Å². The molecule has 3 aliphatic rings. The molecule has 33 heavy (non-hydrogen) atoms. The third kappa shape index (κ3) is 3.25. The predicted octanol–water partition coefficient (Wildman–Crippen LogP) is 2.79. The number of amides is 3. The fraction of sp³-hybridized carbons (Fsp3) is 0.320. The highest BCUT2D eigenvalue weighted by Crippen LogP contribution is 2.43. The van der Waals surface area contributed by atoms with E-state index in [1.807, 2.05) is 43.6 Å². The number of benzene rings is 1. The van der Waals surface area contributed by atoms with Gasteiger partial charge in [0.15, 0.2) is 0 Å². The summed E-state index contributed by atoms with van der Waals surface area (Å²) in [6.07, 6.45) is 6.50. The van der Waals surface area contributed by atoms with Gasteiger partial charge in [0.2, 0.25) is 11.8 Å². The number of hydrogen-bond acceptors (Lipinski definition) is 5. The molecule has 6 rings (SSSR count). The maximum atomic E-state index is 13.0. The molecule has 3 amide bonds. The van der Waals surface area contributed by atoms with Crippen molar-refractivity contribution in [3.63, 3.8) is 0 Å². The van der Waals surface area contributed by atoms with E-state index < -0.39 is 11.9 Å². The molecule has 1 aromatic carbocycles. The Morgan fingerprint density at radius 2 is 1.91 bits per heavy atom. The summed E-state index contributed by atoms with van der Waals surface area (Å²) in [5.74, 6) is 0.708. The van der Waals surface area contributed by atoms with E-state index in [4.69, 9.17) is 4.98 Å². The largest absolute Gasteiger partial charge is 0.330 e. The molecule has 1 saturated carbocycles. The molecule has 166 valence electrons. The Bertz CT molecular complexity index is 1310. The molecule has 1 N–H and O–H groups in total. The third-order valence-electron chi connectivity index (χ3n) is 6.80. The molecule has 2 aliphatic heterocycles. The van der Waals surface area contributed by atoms with Crippen LogP contribution in [0.15, 0.2) is 42.7 Å². The Morgan fingerprint density at radius 3 is 2.64 bits per heavy atom. The molecule has 8 nitrogen and oxygen atoms in total. The van der Waals surface area contributed by atoms with E-state index in [1.54, 1.807) is 11.1 Å². The second-order valence-electron chi connectivity index (χ2n) is 9.01. The number of piperidine rings is 1. The van der Waals surface area contributed by atoms with Crippen LogP contribution in [0.25, 0.3) is 22.5 Å². The van der Waals surface area contributed by atoms with Crippen LogP contribution in [0.3, 0.4) is 0 Å². The van der Waals surface area contributed by atoms with E-state index in [1.165, 1.54) is 0 Å².